The lowest BCUT2D eigenvalue weighted by atomic mass is 10.1. The maximum absolute atomic E-state index is 11.3. The highest BCUT2D eigenvalue weighted by Gasteiger charge is 2.19. The fourth-order valence-electron chi connectivity index (χ4n) is 2.10. The monoisotopic (exact) mass is 269 g/mol. The van der Waals surface area contributed by atoms with E-state index in [1.54, 1.807) is 6.07 Å². The minimum atomic E-state index is -0.428. The van der Waals surface area contributed by atoms with Gasteiger partial charge in [0.15, 0.2) is 0 Å². The molecule has 1 aromatic rings. The number of carbonyl (C=O) groups is 1. The van der Waals surface area contributed by atoms with Crippen molar-refractivity contribution in [2.45, 2.75) is 31.8 Å². The van der Waals surface area contributed by atoms with Crippen molar-refractivity contribution in [2.24, 2.45) is 0 Å². The van der Waals surface area contributed by atoms with Gasteiger partial charge in [-0.15, -0.1) is 0 Å². The molecular formula is C13H19NO3S. The Kier molecular flexibility index (Phi) is 4.72. The zero-order valence-corrected chi connectivity index (χ0v) is 11.6. The highest BCUT2D eigenvalue weighted by Crippen LogP contribution is 2.22. The predicted octanol–water partition coefficient (Wildman–Crippen LogP) is 2.61. The van der Waals surface area contributed by atoms with Crippen LogP contribution in [0.3, 0.4) is 0 Å². The molecule has 18 heavy (non-hydrogen) atoms. The summed E-state index contributed by atoms with van der Waals surface area (Å²) >= 11 is 2.01. The van der Waals surface area contributed by atoms with Crippen LogP contribution in [0.4, 0.5) is 0 Å². The zero-order chi connectivity index (χ0) is 13.0. The van der Waals surface area contributed by atoms with Crippen LogP contribution in [0.25, 0.3) is 0 Å². The molecule has 0 saturated carbocycles. The zero-order valence-electron chi connectivity index (χ0n) is 10.8. The number of ether oxygens (including phenoxy) is 1. The molecular weight excluding hydrogens is 250 g/mol. The number of hydrogen-bond donors (Lipinski definition) is 1. The molecule has 100 valence electrons. The van der Waals surface area contributed by atoms with Crippen LogP contribution >= 0.6 is 11.8 Å². The summed E-state index contributed by atoms with van der Waals surface area (Å²) in [7, 11) is 1.35. The van der Waals surface area contributed by atoms with E-state index in [2.05, 4.69) is 17.0 Å². The van der Waals surface area contributed by atoms with Crippen LogP contribution in [0.15, 0.2) is 16.5 Å². The molecule has 0 spiro atoms. The van der Waals surface area contributed by atoms with Crippen LogP contribution in [0.5, 0.6) is 0 Å². The third-order valence-corrected chi connectivity index (χ3v) is 4.20. The summed E-state index contributed by atoms with van der Waals surface area (Å²) in [5.41, 5.74) is 0. The summed E-state index contributed by atoms with van der Waals surface area (Å²) in [5.74, 6) is 3.06. The summed E-state index contributed by atoms with van der Waals surface area (Å²) in [4.78, 5) is 11.3. The Morgan fingerprint density at radius 3 is 2.89 bits per heavy atom. The predicted molar refractivity (Wildman–Crippen MR) is 71.9 cm³/mol. The van der Waals surface area contributed by atoms with Gasteiger partial charge in [0, 0.05) is 6.04 Å². The lowest BCUT2D eigenvalue weighted by Crippen LogP contribution is -2.34. The van der Waals surface area contributed by atoms with E-state index < -0.39 is 5.97 Å². The molecule has 5 heteroatoms. The fourth-order valence-corrected chi connectivity index (χ4v) is 3.20. The molecule has 0 amide bonds. The van der Waals surface area contributed by atoms with Gasteiger partial charge in [0.2, 0.25) is 5.76 Å². The van der Waals surface area contributed by atoms with E-state index in [4.69, 9.17) is 4.42 Å². The van der Waals surface area contributed by atoms with E-state index >= 15 is 0 Å². The molecule has 1 aliphatic rings. The molecule has 0 bridgehead atoms. The Bertz CT molecular complexity index is 399. The summed E-state index contributed by atoms with van der Waals surface area (Å²) in [6.45, 7) is 2.06. The Hall–Kier alpha value is -0.940. The quantitative estimate of drug-likeness (QED) is 0.852. The van der Waals surface area contributed by atoms with Gasteiger partial charge < -0.3 is 14.5 Å². The number of hydrogen-bond acceptors (Lipinski definition) is 5. The lowest BCUT2D eigenvalue weighted by molar-refractivity contribution is 0.0562. The van der Waals surface area contributed by atoms with Gasteiger partial charge in [0.1, 0.15) is 5.76 Å². The highest BCUT2D eigenvalue weighted by molar-refractivity contribution is 7.99. The molecule has 0 radical (unpaired) electrons. The largest absolute Gasteiger partial charge is 0.463 e. The molecule has 1 aliphatic heterocycles. The van der Waals surface area contributed by atoms with E-state index in [9.17, 15) is 4.79 Å². The summed E-state index contributed by atoms with van der Waals surface area (Å²) in [6, 6.07) is 4.17. The minimum Gasteiger partial charge on any atom is -0.463 e. The van der Waals surface area contributed by atoms with Gasteiger partial charge in [-0.3, -0.25) is 0 Å². The first-order valence-corrected chi connectivity index (χ1v) is 7.38. The van der Waals surface area contributed by atoms with Gasteiger partial charge in [0.25, 0.3) is 0 Å². The molecule has 1 fully saturated rings. The van der Waals surface area contributed by atoms with Crippen LogP contribution in [0.1, 0.15) is 42.1 Å². The Balaban J connectivity index is 1.93. The van der Waals surface area contributed by atoms with Crippen molar-refractivity contribution in [1.82, 2.24) is 5.32 Å². The van der Waals surface area contributed by atoms with Crippen LogP contribution in [-0.2, 0) is 4.74 Å². The molecule has 0 aliphatic carbocycles. The van der Waals surface area contributed by atoms with Gasteiger partial charge in [-0.25, -0.2) is 4.79 Å². The van der Waals surface area contributed by atoms with E-state index in [0.29, 0.717) is 6.04 Å². The standard InChI is InChI=1S/C13H19NO3S/c1-9(14-10-5-7-18-8-6-10)11-3-4-12(17-11)13(15)16-2/h3-4,9-10,14H,5-8H2,1-2H3. The lowest BCUT2D eigenvalue weighted by Gasteiger charge is -2.25. The van der Waals surface area contributed by atoms with E-state index in [1.807, 2.05) is 17.8 Å². The summed E-state index contributed by atoms with van der Waals surface area (Å²) in [6.07, 6.45) is 2.39. The molecule has 1 N–H and O–H groups in total. The van der Waals surface area contributed by atoms with Crippen molar-refractivity contribution < 1.29 is 13.9 Å². The van der Waals surface area contributed by atoms with Gasteiger partial charge in [-0.05, 0) is 43.4 Å². The third-order valence-electron chi connectivity index (χ3n) is 3.15. The van der Waals surface area contributed by atoms with Crippen molar-refractivity contribution in [3.8, 4) is 0 Å². The molecule has 1 aromatic heterocycles. The van der Waals surface area contributed by atoms with Crippen molar-refractivity contribution in [3.63, 3.8) is 0 Å². The number of methoxy groups -OCH3 is 1. The second kappa shape index (κ2) is 6.29. The third kappa shape index (κ3) is 3.29. The number of esters is 1. The SMILES string of the molecule is COC(=O)c1ccc(C(C)NC2CCSCC2)o1. The second-order valence-corrected chi connectivity index (χ2v) is 5.69. The number of nitrogens with one attached hydrogen (secondary N) is 1. The summed E-state index contributed by atoms with van der Waals surface area (Å²) < 4.78 is 10.1. The first kappa shape index (κ1) is 13.5. The fraction of sp³-hybridized carbons (Fsp3) is 0.615. The first-order valence-electron chi connectivity index (χ1n) is 6.22. The summed E-state index contributed by atoms with van der Waals surface area (Å²) in [5, 5.41) is 3.55. The molecule has 4 nitrogen and oxygen atoms in total. The smallest absolute Gasteiger partial charge is 0.373 e. The maximum atomic E-state index is 11.3. The van der Waals surface area contributed by atoms with Gasteiger partial charge >= 0.3 is 5.97 Å². The molecule has 0 aromatic carbocycles. The number of thioether (sulfide) groups is 1. The second-order valence-electron chi connectivity index (χ2n) is 4.47. The highest BCUT2D eigenvalue weighted by atomic mass is 32.2. The molecule has 1 unspecified atom stereocenters. The van der Waals surface area contributed by atoms with Gasteiger partial charge in [-0.2, -0.15) is 11.8 Å². The Morgan fingerprint density at radius 1 is 1.50 bits per heavy atom. The first-order chi connectivity index (χ1) is 8.70. The van der Waals surface area contributed by atoms with Crippen LogP contribution in [0, 0.1) is 0 Å². The van der Waals surface area contributed by atoms with Crippen LogP contribution in [0.2, 0.25) is 0 Å². The number of furan rings is 1. The minimum absolute atomic E-state index is 0.122. The number of rotatable bonds is 4. The average molecular weight is 269 g/mol. The van der Waals surface area contributed by atoms with Crippen molar-refractivity contribution in [2.75, 3.05) is 18.6 Å². The topological polar surface area (TPSA) is 51.5 Å². The van der Waals surface area contributed by atoms with Crippen molar-refractivity contribution in [3.05, 3.63) is 23.7 Å². The van der Waals surface area contributed by atoms with Crippen LogP contribution in [-0.4, -0.2) is 30.6 Å². The molecule has 2 rings (SSSR count). The van der Waals surface area contributed by atoms with Crippen LogP contribution < -0.4 is 5.32 Å². The van der Waals surface area contributed by atoms with Gasteiger partial charge in [-0.1, -0.05) is 0 Å². The number of carbonyl (C=O) groups excluding carboxylic acids is 1. The van der Waals surface area contributed by atoms with Crippen molar-refractivity contribution in [1.29, 1.82) is 0 Å². The van der Waals surface area contributed by atoms with E-state index in [0.717, 1.165) is 5.76 Å². The Morgan fingerprint density at radius 2 is 2.22 bits per heavy atom. The van der Waals surface area contributed by atoms with Crippen molar-refractivity contribution >= 4 is 17.7 Å². The molecule has 2 heterocycles. The maximum Gasteiger partial charge on any atom is 0.373 e. The molecule has 1 saturated heterocycles. The Labute approximate surface area is 111 Å². The van der Waals surface area contributed by atoms with E-state index in [1.165, 1.54) is 31.5 Å². The van der Waals surface area contributed by atoms with E-state index in [-0.39, 0.29) is 11.8 Å². The normalized spacial score (nSPS) is 18.6. The molecule has 1 atom stereocenters. The average Bonchev–Trinajstić information content (AvgIpc) is 2.88. The van der Waals surface area contributed by atoms with Gasteiger partial charge in [0.05, 0.1) is 13.2 Å².